The van der Waals surface area contributed by atoms with Crippen molar-refractivity contribution in [3.8, 4) is 0 Å². The van der Waals surface area contributed by atoms with E-state index in [0.29, 0.717) is 18.7 Å². The SMILES string of the molecule is O=S(=O)(c1ccc(F)cc1)C1(c2ccc(C(OCc3ccccc3)(C(F)(F)F)C(F)(F)F)cc2)CCN(Cc2ccccc2)C1. The Hall–Kier alpha value is -3.74. The minimum Gasteiger partial charge on any atom is -0.349 e. The third-order valence-corrected chi connectivity index (χ3v) is 10.6. The van der Waals surface area contributed by atoms with Gasteiger partial charge in [0.15, 0.2) is 9.84 Å². The molecule has 12 heteroatoms. The van der Waals surface area contributed by atoms with Crippen molar-refractivity contribution in [2.24, 2.45) is 0 Å². The highest BCUT2D eigenvalue weighted by atomic mass is 32.2. The lowest BCUT2D eigenvalue weighted by molar-refractivity contribution is -0.392. The van der Waals surface area contributed by atoms with Crippen molar-refractivity contribution in [2.45, 2.75) is 47.2 Å². The lowest BCUT2D eigenvalue weighted by atomic mass is 9.88. The minimum absolute atomic E-state index is 0.00686. The molecule has 0 amide bonds. The van der Waals surface area contributed by atoms with Gasteiger partial charge < -0.3 is 4.74 Å². The number of alkyl halides is 6. The molecule has 1 fully saturated rings. The van der Waals surface area contributed by atoms with Gasteiger partial charge in [0.05, 0.1) is 11.5 Å². The van der Waals surface area contributed by atoms with Crippen LogP contribution in [0, 0.1) is 5.82 Å². The second kappa shape index (κ2) is 12.2. The van der Waals surface area contributed by atoms with Crippen molar-refractivity contribution < 1.29 is 43.9 Å². The van der Waals surface area contributed by atoms with Gasteiger partial charge in [-0.2, -0.15) is 26.3 Å². The zero-order chi connectivity index (χ0) is 32.5. The number of likely N-dealkylation sites (tertiary alicyclic amines) is 1. The first-order valence-corrected chi connectivity index (χ1v) is 15.4. The fourth-order valence-electron chi connectivity index (χ4n) is 5.79. The molecule has 4 nitrogen and oxygen atoms in total. The molecule has 5 rings (SSSR count). The van der Waals surface area contributed by atoms with E-state index in [-0.39, 0.29) is 35.5 Å². The van der Waals surface area contributed by atoms with E-state index in [1.807, 2.05) is 35.2 Å². The summed E-state index contributed by atoms with van der Waals surface area (Å²) in [6, 6.07) is 23.7. The van der Waals surface area contributed by atoms with E-state index in [9.17, 15) is 39.2 Å². The number of nitrogens with zero attached hydrogens (tertiary/aromatic N) is 1. The van der Waals surface area contributed by atoms with Crippen LogP contribution in [0.2, 0.25) is 0 Å². The monoisotopic (exact) mass is 651 g/mol. The largest absolute Gasteiger partial charge is 0.430 e. The average molecular weight is 652 g/mol. The van der Waals surface area contributed by atoms with Gasteiger partial charge in [-0.3, -0.25) is 4.90 Å². The summed E-state index contributed by atoms with van der Waals surface area (Å²) in [6.07, 6.45) is -11.8. The van der Waals surface area contributed by atoms with Gasteiger partial charge in [0, 0.05) is 25.2 Å². The van der Waals surface area contributed by atoms with Crippen molar-refractivity contribution >= 4 is 9.84 Å². The van der Waals surface area contributed by atoms with Gasteiger partial charge in [0.25, 0.3) is 5.60 Å². The van der Waals surface area contributed by atoms with Crippen LogP contribution in [-0.4, -0.2) is 38.8 Å². The highest BCUT2D eigenvalue weighted by Gasteiger charge is 2.73. The first-order chi connectivity index (χ1) is 21.2. The molecule has 1 atom stereocenters. The van der Waals surface area contributed by atoms with E-state index in [1.165, 1.54) is 24.3 Å². The molecule has 4 aromatic rings. The van der Waals surface area contributed by atoms with Crippen molar-refractivity contribution in [1.82, 2.24) is 4.90 Å². The Labute approximate surface area is 256 Å². The van der Waals surface area contributed by atoms with Crippen LogP contribution in [0.1, 0.15) is 28.7 Å². The molecule has 0 aromatic heterocycles. The highest BCUT2D eigenvalue weighted by molar-refractivity contribution is 7.92. The van der Waals surface area contributed by atoms with Crippen molar-refractivity contribution in [3.63, 3.8) is 0 Å². The Morgan fingerprint density at radius 2 is 1.24 bits per heavy atom. The molecule has 1 unspecified atom stereocenters. The fraction of sp³-hybridized carbons (Fsp3) is 0.273. The zero-order valence-electron chi connectivity index (χ0n) is 23.7. The first-order valence-electron chi connectivity index (χ1n) is 13.9. The Bertz CT molecular complexity index is 1680. The molecule has 0 N–H and O–H groups in total. The second-order valence-corrected chi connectivity index (χ2v) is 13.2. The zero-order valence-corrected chi connectivity index (χ0v) is 24.5. The molecule has 1 aliphatic heterocycles. The predicted octanol–water partition coefficient (Wildman–Crippen LogP) is 7.94. The summed E-state index contributed by atoms with van der Waals surface area (Å²) in [5.74, 6) is -0.671. The van der Waals surface area contributed by atoms with Gasteiger partial charge in [-0.1, -0.05) is 84.9 Å². The number of ether oxygens (including phenoxy) is 1. The lowest BCUT2D eigenvalue weighted by Gasteiger charge is -2.38. The molecular formula is C33H28F7NO3S. The molecule has 0 radical (unpaired) electrons. The summed E-state index contributed by atoms with van der Waals surface area (Å²) in [6.45, 7) is -0.460. The predicted molar refractivity (Wildman–Crippen MR) is 153 cm³/mol. The minimum atomic E-state index is -5.92. The first kappa shape index (κ1) is 32.6. The highest BCUT2D eigenvalue weighted by Crippen LogP contribution is 2.54. The van der Waals surface area contributed by atoms with Gasteiger partial charge in [-0.05, 0) is 47.4 Å². The maximum atomic E-state index is 14.5. The van der Waals surface area contributed by atoms with Crippen molar-refractivity contribution in [1.29, 1.82) is 0 Å². The molecule has 4 aromatic carbocycles. The molecule has 1 heterocycles. The van der Waals surface area contributed by atoms with E-state index >= 15 is 0 Å². The topological polar surface area (TPSA) is 46.6 Å². The van der Waals surface area contributed by atoms with Crippen molar-refractivity contribution in [2.75, 3.05) is 13.1 Å². The van der Waals surface area contributed by atoms with Crippen molar-refractivity contribution in [3.05, 3.63) is 137 Å². The van der Waals surface area contributed by atoms with Crippen LogP contribution < -0.4 is 0 Å². The van der Waals surface area contributed by atoms with Crippen LogP contribution in [-0.2, 0) is 38.1 Å². The summed E-state index contributed by atoms with van der Waals surface area (Å²) >= 11 is 0. The number of sulfone groups is 1. The average Bonchev–Trinajstić information content (AvgIpc) is 3.43. The summed E-state index contributed by atoms with van der Waals surface area (Å²) in [7, 11) is -4.33. The van der Waals surface area contributed by atoms with E-state index in [2.05, 4.69) is 0 Å². The molecule has 0 bridgehead atoms. The van der Waals surface area contributed by atoms with E-state index < -0.39 is 50.5 Å². The van der Waals surface area contributed by atoms with Gasteiger partial charge >= 0.3 is 12.4 Å². The number of rotatable bonds is 9. The molecule has 0 spiro atoms. The summed E-state index contributed by atoms with van der Waals surface area (Å²) in [4.78, 5) is 1.63. The molecule has 45 heavy (non-hydrogen) atoms. The number of benzene rings is 4. The Kier molecular flexibility index (Phi) is 8.87. The third-order valence-electron chi connectivity index (χ3n) is 8.11. The molecule has 238 valence electrons. The lowest BCUT2D eigenvalue weighted by Crippen LogP contribution is -2.55. The molecule has 0 saturated carbocycles. The van der Waals surface area contributed by atoms with Gasteiger partial charge in [0.1, 0.15) is 10.6 Å². The van der Waals surface area contributed by atoms with Gasteiger partial charge in [-0.15, -0.1) is 0 Å². The number of hydrogen-bond donors (Lipinski definition) is 0. The normalized spacial score (nSPS) is 18.3. The maximum Gasteiger partial charge on any atom is 0.430 e. The maximum absolute atomic E-state index is 14.5. The van der Waals surface area contributed by atoms with Gasteiger partial charge in [0.2, 0.25) is 0 Å². The number of halogens is 7. The summed E-state index contributed by atoms with van der Waals surface area (Å²) in [5, 5.41) is 0. The van der Waals surface area contributed by atoms with Crippen LogP contribution in [0.15, 0.2) is 114 Å². The second-order valence-electron chi connectivity index (χ2n) is 10.9. The molecule has 0 aliphatic carbocycles. The molecule has 1 saturated heterocycles. The van der Waals surface area contributed by atoms with Crippen LogP contribution >= 0.6 is 0 Å². The summed E-state index contributed by atoms with van der Waals surface area (Å²) < 4.78 is 132. The van der Waals surface area contributed by atoms with E-state index in [4.69, 9.17) is 4.74 Å². The summed E-state index contributed by atoms with van der Waals surface area (Å²) in [5.41, 5.74) is -4.94. The molecular weight excluding hydrogens is 623 g/mol. The van der Waals surface area contributed by atoms with Crippen LogP contribution in [0.5, 0.6) is 0 Å². The quantitative estimate of drug-likeness (QED) is 0.136. The smallest absolute Gasteiger partial charge is 0.349 e. The number of hydrogen-bond acceptors (Lipinski definition) is 4. The van der Waals surface area contributed by atoms with Crippen LogP contribution in [0.3, 0.4) is 0 Å². The van der Waals surface area contributed by atoms with Crippen LogP contribution in [0.4, 0.5) is 30.7 Å². The van der Waals surface area contributed by atoms with Gasteiger partial charge in [-0.25, -0.2) is 12.8 Å². The Balaban J connectivity index is 1.58. The third kappa shape index (κ3) is 6.10. The molecule has 1 aliphatic rings. The Morgan fingerprint density at radius 1 is 0.711 bits per heavy atom. The standard InChI is InChI=1S/C33H28F7NO3S/c34-28-15-17-29(18-16-28)45(42,43)30(19-20-41(23-30)21-24-7-3-1-4-8-24)26-11-13-27(14-12-26)31(32(35,36)37,33(38,39)40)44-22-25-9-5-2-6-10-25/h1-18H,19-23H2. The Morgan fingerprint density at radius 3 is 1.78 bits per heavy atom. The van der Waals surface area contributed by atoms with E-state index in [0.717, 1.165) is 42.0 Å². The fourth-order valence-corrected chi connectivity index (χ4v) is 7.90. The van der Waals surface area contributed by atoms with E-state index in [1.54, 1.807) is 6.07 Å². The van der Waals surface area contributed by atoms with Crippen LogP contribution in [0.25, 0.3) is 0 Å².